The van der Waals surface area contributed by atoms with Gasteiger partial charge in [0.2, 0.25) is 0 Å². The largest absolute Gasteiger partial charge is 0.266 e. The minimum atomic E-state index is -3.54. The molecule has 2 aromatic rings. The second-order valence-electron chi connectivity index (χ2n) is 3.04. The molecule has 7 heteroatoms. The first-order valence-electron chi connectivity index (χ1n) is 4.53. The lowest BCUT2D eigenvalue weighted by Crippen LogP contribution is -2.19. The molecule has 0 saturated heterocycles. The van der Waals surface area contributed by atoms with Crippen LogP contribution >= 0.6 is 0 Å². The van der Waals surface area contributed by atoms with Crippen molar-refractivity contribution in [3.05, 3.63) is 30.6 Å². The van der Waals surface area contributed by atoms with Gasteiger partial charge in [0, 0.05) is 6.20 Å². The molecule has 2 aromatic heterocycles. The SMILES string of the molecule is CNS(=O)(=O)c1[nH]ncc1-c1ccccn1. The molecule has 0 bridgehead atoms. The zero-order valence-electron chi connectivity index (χ0n) is 8.51. The highest BCUT2D eigenvalue weighted by molar-refractivity contribution is 7.89. The van der Waals surface area contributed by atoms with Crippen LogP contribution in [0.3, 0.4) is 0 Å². The summed E-state index contributed by atoms with van der Waals surface area (Å²) in [5, 5.41) is 6.21. The van der Waals surface area contributed by atoms with Crippen molar-refractivity contribution in [3.8, 4) is 11.3 Å². The number of nitrogens with one attached hydrogen (secondary N) is 2. The third kappa shape index (κ3) is 1.82. The highest BCUT2D eigenvalue weighted by Gasteiger charge is 2.20. The Kier molecular flexibility index (Phi) is 2.71. The zero-order valence-corrected chi connectivity index (χ0v) is 9.32. The van der Waals surface area contributed by atoms with E-state index in [9.17, 15) is 8.42 Å². The van der Waals surface area contributed by atoms with Crippen LogP contribution in [0.5, 0.6) is 0 Å². The predicted octanol–water partition coefficient (Wildman–Crippen LogP) is 0.380. The van der Waals surface area contributed by atoms with Crippen LogP contribution in [0.4, 0.5) is 0 Å². The van der Waals surface area contributed by atoms with Gasteiger partial charge in [-0.25, -0.2) is 13.1 Å². The number of nitrogens with zero attached hydrogens (tertiary/aromatic N) is 2. The number of rotatable bonds is 3. The normalized spacial score (nSPS) is 11.6. The summed E-state index contributed by atoms with van der Waals surface area (Å²) in [4.78, 5) is 4.08. The smallest absolute Gasteiger partial charge is 0.257 e. The number of hydrogen-bond acceptors (Lipinski definition) is 4. The second-order valence-corrected chi connectivity index (χ2v) is 4.86. The van der Waals surface area contributed by atoms with Gasteiger partial charge in [-0.3, -0.25) is 10.1 Å². The summed E-state index contributed by atoms with van der Waals surface area (Å²) in [6, 6.07) is 5.26. The maximum atomic E-state index is 11.6. The quantitative estimate of drug-likeness (QED) is 0.809. The second kappa shape index (κ2) is 4.03. The van der Waals surface area contributed by atoms with E-state index in [4.69, 9.17) is 0 Å². The molecular weight excluding hydrogens is 228 g/mol. The molecule has 0 unspecified atom stereocenters. The van der Waals surface area contributed by atoms with Crippen LogP contribution in [0.15, 0.2) is 35.6 Å². The van der Waals surface area contributed by atoms with Gasteiger partial charge in [-0.1, -0.05) is 6.07 Å². The van der Waals surface area contributed by atoms with Gasteiger partial charge in [0.15, 0.2) is 5.03 Å². The summed E-state index contributed by atoms with van der Waals surface area (Å²) in [5.41, 5.74) is 1.01. The van der Waals surface area contributed by atoms with Crippen molar-refractivity contribution in [2.75, 3.05) is 7.05 Å². The molecule has 0 aliphatic carbocycles. The van der Waals surface area contributed by atoms with Gasteiger partial charge in [-0.15, -0.1) is 0 Å². The molecule has 0 atom stereocenters. The van der Waals surface area contributed by atoms with Gasteiger partial charge < -0.3 is 0 Å². The molecule has 0 spiro atoms. The fraction of sp³-hybridized carbons (Fsp3) is 0.111. The Morgan fingerprint density at radius 1 is 1.38 bits per heavy atom. The van der Waals surface area contributed by atoms with Gasteiger partial charge in [-0.2, -0.15) is 5.10 Å². The molecule has 0 amide bonds. The molecule has 0 aliphatic heterocycles. The van der Waals surface area contributed by atoms with E-state index in [-0.39, 0.29) is 5.03 Å². The summed E-state index contributed by atoms with van der Waals surface area (Å²) >= 11 is 0. The lowest BCUT2D eigenvalue weighted by atomic mass is 10.2. The van der Waals surface area contributed by atoms with E-state index in [2.05, 4.69) is 19.9 Å². The fourth-order valence-electron chi connectivity index (χ4n) is 1.29. The molecule has 2 rings (SSSR count). The van der Waals surface area contributed by atoms with Crippen LogP contribution in [0, 0.1) is 0 Å². The summed E-state index contributed by atoms with van der Waals surface area (Å²) < 4.78 is 25.5. The molecule has 2 N–H and O–H groups in total. The van der Waals surface area contributed by atoms with Crippen LogP contribution < -0.4 is 4.72 Å². The Balaban J connectivity index is 2.58. The number of sulfonamides is 1. The molecule has 0 aliphatic rings. The van der Waals surface area contributed by atoms with Crippen molar-refractivity contribution < 1.29 is 8.42 Å². The summed E-state index contributed by atoms with van der Waals surface area (Å²) in [6.45, 7) is 0. The minimum Gasteiger partial charge on any atom is -0.266 e. The average molecular weight is 238 g/mol. The predicted molar refractivity (Wildman–Crippen MR) is 58.1 cm³/mol. The Morgan fingerprint density at radius 3 is 2.81 bits per heavy atom. The fourth-order valence-corrected chi connectivity index (χ4v) is 2.11. The zero-order chi connectivity index (χ0) is 11.6. The van der Waals surface area contributed by atoms with E-state index in [1.807, 2.05) is 0 Å². The van der Waals surface area contributed by atoms with Crippen molar-refractivity contribution in [1.82, 2.24) is 19.9 Å². The molecular formula is C9H10N4O2S. The maximum absolute atomic E-state index is 11.6. The van der Waals surface area contributed by atoms with E-state index in [1.165, 1.54) is 13.2 Å². The van der Waals surface area contributed by atoms with Crippen LogP contribution in [0.2, 0.25) is 0 Å². The van der Waals surface area contributed by atoms with Crippen molar-refractivity contribution >= 4 is 10.0 Å². The molecule has 84 valence electrons. The van der Waals surface area contributed by atoms with Crippen LogP contribution in [-0.4, -0.2) is 30.6 Å². The highest BCUT2D eigenvalue weighted by atomic mass is 32.2. The average Bonchev–Trinajstić information content (AvgIpc) is 2.80. The number of aromatic amines is 1. The minimum absolute atomic E-state index is 0.0219. The van der Waals surface area contributed by atoms with E-state index in [0.29, 0.717) is 11.3 Å². The molecule has 2 heterocycles. The topological polar surface area (TPSA) is 87.7 Å². The molecule has 6 nitrogen and oxygen atoms in total. The molecule has 16 heavy (non-hydrogen) atoms. The molecule has 0 radical (unpaired) electrons. The number of hydrogen-bond donors (Lipinski definition) is 2. The van der Waals surface area contributed by atoms with Crippen LogP contribution in [0.25, 0.3) is 11.3 Å². The lowest BCUT2D eigenvalue weighted by molar-refractivity contribution is 0.584. The monoisotopic (exact) mass is 238 g/mol. The van der Waals surface area contributed by atoms with Crippen molar-refractivity contribution in [3.63, 3.8) is 0 Å². The molecule has 0 fully saturated rings. The maximum Gasteiger partial charge on any atom is 0.257 e. The third-order valence-corrected chi connectivity index (χ3v) is 3.47. The van der Waals surface area contributed by atoms with E-state index < -0.39 is 10.0 Å². The van der Waals surface area contributed by atoms with Gasteiger partial charge in [-0.05, 0) is 19.2 Å². The first-order chi connectivity index (χ1) is 7.65. The Hall–Kier alpha value is -1.73. The highest BCUT2D eigenvalue weighted by Crippen LogP contribution is 2.22. The standard InChI is InChI=1S/C9H10N4O2S/c1-10-16(14,15)9-7(6-12-13-9)8-4-2-3-5-11-8/h2-6,10H,1H3,(H,12,13). The number of pyridine rings is 1. The van der Waals surface area contributed by atoms with Gasteiger partial charge >= 0.3 is 0 Å². The molecule has 0 aromatic carbocycles. The van der Waals surface area contributed by atoms with Gasteiger partial charge in [0.25, 0.3) is 10.0 Å². The van der Waals surface area contributed by atoms with Crippen LogP contribution in [-0.2, 0) is 10.0 Å². The first-order valence-corrected chi connectivity index (χ1v) is 6.02. The summed E-state index contributed by atoms with van der Waals surface area (Å²) in [6.07, 6.45) is 3.03. The summed E-state index contributed by atoms with van der Waals surface area (Å²) in [5.74, 6) is 0. The number of H-pyrrole nitrogens is 1. The van der Waals surface area contributed by atoms with Gasteiger partial charge in [0.1, 0.15) is 0 Å². The Labute approximate surface area is 92.8 Å². The first kappa shape index (κ1) is 10.8. The van der Waals surface area contributed by atoms with E-state index in [1.54, 1.807) is 24.4 Å². The van der Waals surface area contributed by atoms with Crippen molar-refractivity contribution in [1.29, 1.82) is 0 Å². The van der Waals surface area contributed by atoms with Crippen molar-refractivity contribution in [2.24, 2.45) is 0 Å². The van der Waals surface area contributed by atoms with Crippen LogP contribution in [0.1, 0.15) is 0 Å². The third-order valence-electron chi connectivity index (χ3n) is 2.08. The van der Waals surface area contributed by atoms with E-state index in [0.717, 1.165) is 0 Å². The lowest BCUT2D eigenvalue weighted by Gasteiger charge is -2.02. The number of aromatic nitrogens is 3. The molecule has 0 saturated carbocycles. The summed E-state index contributed by atoms with van der Waals surface area (Å²) in [7, 11) is -2.20. The Morgan fingerprint density at radius 2 is 2.19 bits per heavy atom. The van der Waals surface area contributed by atoms with E-state index >= 15 is 0 Å². The Bertz CT molecular complexity index is 577. The van der Waals surface area contributed by atoms with Crippen molar-refractivity contribution in [2.45, 2.75) is 5.03 Å². The van der Waals surface area contributed by atoms with Gasteiger partial charge in [0.05, 0.1) is 17.5 Å².